The summed E-state index contributed by atoms with van der Waals surface area (Å²) in [6.07, 6.45) is 0.729. The molecular weight excluding hydrogens is 209 g/mol. The van der Waals surface area contributed by atoms with Crippen LogP contribution < -0.4 is 5.32 Å². The molecule has 86 valence electrons. The monoisotopic (exact) mass is 223 g/mol. The molecule has 0 unspecified atom stereocenters. The average molecular weight is 223 g/mol. The first-order chi connectivity index (χ1) is 7.59. The maximum absolute atomic E-state index is 12.6. The van der Waals surface area contributed by atoms with Crippen molar-refractivity contribution >= 4 is 5.97 Å². The predicted molar refractivity (Wildman–Crippen MR) is 59.7 cm³/mol. The molecule has 1 rings (SSSR count). The van der Waals surface area contributed by atoms with Crippen LogP contribution in [-0.2, 0) is 11.2 Å². The van der Waals surface area contributed by atoms with E-state index in [-0.39, 0.29) is 17.9 Å². The molecule has 0 heterocycles. The first-order valence-electron chi connectivity index (χ1n) is 4.96. The van der Waals surface area contributed by atoms with Gasteiger partial charge in [-0.05, 0) is 30.7 Å². The Bertz CT molecular complexity index is 373. The molecule has 16 heavy (non-hydrogen) atoms. The van der Waals surface area contributed by atoms with E-state index in [1.54, 1.807) is 12.1 Å². The number of benzene rings is 1. The number of aliphatic carboxylic acids is 1. The third-order valence-corrected chi connectivity index (χ3v) is 2.14. The van der Waals surface area contributed by atoms with Gasteiger partial charge in [0, 0.05) is 12.1 Å². The summed E-state index contributed by atoms with van der Waals surface area (Å²) >= 11 is 0. The third-order valence-electron chi connectivity index (χ3n) is 2.14. The number of hydrogen-bond donors (Lipinski definition) is 2. The van der Waals surface area contributed by atoms with Crippen molar-refractivity contribution in [2.75, 3.05) is 13.1 Å². The lowest BCUT2D eigenvalue weighted by Crippen LogP contribution is -2.22. The molecular formula is C12H14FNO2. The summed E-state index contributed by atoms with van der Waals surface area (Å²) in [5.74, 6) is -1.25. The SMILES string of the molecule is C=C(CNCCc1ccc(F)cc1)C(=O)O. The molecule has 3 nitrogen and oxygen atoms in total. The number of carboxylic acids is 1. The average Bonchev–Trinajstić information content (AvgIpc) is 2.26. The van der Waals surface area contributed by atoms with E-state index in [9.17, 15) is 9.18 Å². The van der Waals surface area contributed by atoms with Gasteiger partial charge < -0.3 is 10.4 Å². The smallest absolute Gasteiger partial charge is 0.332 e. The van der Waals surface area contributed by atoms with Gasteiger partial charge in [0.05, 0.1) is 0 Å². The topological polar surface area (TPSA) is 49.3 Å². The summed E-state index contributed by atoms with van der Waals surface area (Å²) in [6, 6.07) is 6.24. The van der Waals surface area contributed by atoms with Crippen LogP contribution in [0.5, 0.6) is 0 Å². The Balaban J connectivity index is 2.23. The molecule has 0 spiro atoms. The summed E-state index contributed by atoms with van der Waals surface area (Å²) in [5.41, 5.74) is 1.15. The van der Waals surface area contributed by atoms with Gasteiger partial charge in [0.15, 0.2) is 0 Å². The van der Waals surface area contributed by atoms with Crippen molar-refractivity contribution in [2.45, 2.75) is 6.42 Å². The molecule has 0 aromatic heterocycles. The molecule has 2 N–H and O–H groups in total. The molecule has 0 saturated carbocycles. The fraction of sp³-hybridized carbons (Fsp3) is 0.250. The van der Waals surface area contributed by atoms with Gasteiger partial charge in [-0.15, -0.1) is 0 Å². The Labute approximate surface area is 93.6 Å². The minimum atomic E-state index is -0.991. The van der Waals surface area contributed by atoms with Gasteiger partial charge in [0.1, 0.15) is 5.82 Å². The molecule has 0 radical (unpaired) electrons. The number of rotatable bonds is 6. The van der Waals surface area contributed by atoms with E-state index in [1.165, 1.54) is 12.1 Å². The highest BCUT2D eigenvalue weighted by Gasteiger charge is 2.02. The molecule has 1 aromatic carbocycles. The lowest BCUT2D eigenvalue weighted by Gasteiger charge is -2.04. The summed E-state index contributed by atoms with van der Waals surface area (Å²) in [6.45, 7) is 4.30. The predicted octanol–water partition coefficient (Wildman–Crippen LogP) is 1.60. The maximum Gasteiger partial charge on any atom is 0.332 e. The fourth-order valence-electron chi connectivity index (χ4n) is 1.20. The quantitative estimate of drug-likeness (QED) is 0.569. The number of nitrogens with one attached hydrogen (secondary N) is 1. The highest BCUT2D eigenvalue weighted by atomic mass is 19.1. The highest BCUT2D eigenvalue weighted by Crippen LogP contribution is 2.02. The van der Waals surface area contributed by atoms with E-state index >= 15 is 0 Å². The van der Waals surface area contributed by atoms with Gasteiger partial charge in [0.2, 0.25) is 0 Å². The lowest BCUT2D eigenvalue weighted by atomic mass is 10.1. The zero-order valence-electron chi connectivity index (χ0n) is 8.87. The van der Waals surface area contributed by atoms with Crippen molar-refractivity contribution in [3.63, 3.8) is 0 Å². The van der Waals surface area contributed by atoms with Crippen LogP contribution in [0.2, 0.25) is 0 Å². The normalized spacial score (nSPS) is 10.1. The summed E-state index contributed by atoms with van der Waals surface area (Å²) in [5, 5.41) is 11.5. The molecule has 0 atom stereocenters. The minimum absolute atomic E-state index is 0.138. The second kappa shape index (κ2) is 6.02. The van der Waals surface area contributed by atoms with Crippen LogP contribution in [0.4, 0.5) is 4.39 Å². The summed E-state index contributed by atoms with van der Waals surface area (Å²) in [4.78, 5) is 10.4. The van der Waals surface area contributed by atoms with Crippen LogP contribution in [-0.4, -0.2) is 24.2 Å². The second-order valence-electron chi connectivity index (χ2n) is 3.46. The molecule has 0 aliphatic heterocycles. The molecule has 0 aliphatic carbocycles. The number of halogens is 1. The number of carboxylic acid groups (broad SMARTS) is 1. The van der Waals surface area contributed by atoms with Gasteiger partial charge in [-0.3, -0.25) is 0 Å². The molecule has 0 aliphatic rings. The van der Waals surface area contributed by atoms with Crippen LogP contribution in [0.15, 0.2) is 36.4 Å². The zero-order valence-corrected chi connectivity index (χ0v) is 8.87. The van der Waals surface area contributed by atoms with Crippen molar-refractivity contribution in [1.82, 2.24) is 5.32 Å². The fourth-order valence-corrected chi connectivity index (χ4v) is 1.20. The van der Waals surface area contributed by atoms with Crippen molar-refractivity contribution < 1.29 is 14.3 Å². The van der Waals surface area contributed by atoms with E-state index < -0.39 is 5.97 Å². The highest BCUT2D eigenvalue weighted by molar-refractivity contribution is 5.86. The van der Waals surface area contributed by atoms with Gasteiger partial charge in [-0.2, -0.15) is 0 Å². The first kappa shape index (κ1) is 12.4. The Morgan fingerprint density at radius 3 is 2.56 bits per heavy atom. The third kappa shape index (κ3) is 4.23. The van der Waals surface area contributed by atoms with Crippen LogP contribution in [0.1, 0.15) is 5.56 Å². The van der Waals surface area contributed by atoms with Gasteiger partial charge in [-0.25, -0.2) is 9.18 Å². The number of carbonyl (C=O) groups is 1. The Morgan fingerprint density at radius 1 is 1.38 bits per heavy atom. The molecule has 0 amide bonds. The van der Waals surface area contributed by atoms with Gasteiger partial charge >= 0.3 is 5.97 Å². The van der Waals surface area contributed by atoms with Crippen molar-refractivity contribution in [3.8, 4) is 0 Å². The maximum atomic E-state index is 12.6. The number of hydrogen-bond acceptors (Lipinski definition) is 2. The van der Waals surface area contributed by atoms with Crippen molar-refractivity contribution in [1.29, 1.82) is 0 Å². The second-order valence-corrected chi connectivity index (χ2v) is 3.46. The molecule has 0 bridgehead atoms. The standard InChI is InChI=1S/C12H14FNO2/c1-9(12(15)16)8-14-7-6-10-2-4-11(13)5-3-10/h2-5,14H,1,6-8H2,(H,15,16). The first-order valence-corrected chi connectivity index (χ1v) is 4.96. The molecule has 0 saturated heterocycles. The van der Waals surface area contributed by atoms with E-state index in [4.69, 9.17) is 5.11 Å². The largest absolute Gasteiger partial charge is 0.478 e. The van der Waals surface area contributed by atoms with E-state index in [0.29, 0.717) is 6.54 Å². The van der Waals surface area contributed by atoms with Gasteiger partial charge in [-0.1, -0.05) is 18.7 Å². The van der Waals surface area contributed by atoms with Crippen LogP contribution in [0, 0.1) is 5.82 Å². The van der Waals surface area contributed by atoms with Crippen LogP contribution in [0.25, 0.3) is 0 Å². The van der Waals surface area contributed by atoms with E-state index in [2.05, 4.69) is 11.9 Å². The molecule has 1 aromatic rings. The van der Waals surface area contributed by atoms with Crippen molar-refractivity contribution in [2.24, 2.45) is 0 Å². The van der Waals surface area contributed by atoms with E-state index in [0.717, 1.165) is 12.0 Å². The van der Waals surface area contributed by atoms with Crippen LogP contribution in [0.3, 0.4) is 0 Å². The minimum Gasteiger partial charge on any atom is -0.478 e. The Morgan fingerprint density at radius 2 is 2.00 bits per heavy atom. The molecule has 0 fully saturated rings. The van der Waals surface area contributed by atoms with Crippen LogP contribution >= 0.6 is 0 Å². The van der Waals surface area contributed by atoms with Gasteiger partial charge in [0.25, 0.3) is 0 Å². The summed E-state index contributed by atoms with van der Waals surface area (Å²) < 4.78 is 12.6. The van der Waals surface area contributed by atoms with Crippen molar-refractivity contribution in [3.05, 3.63) is 47.8 Å². The lowest BCUT2D eigenvalue weighted by molar-refractivity contribution is -0.132. The molecule has 4 heteroatoms. The Hall–Kier alpha value is -1.68. The van der Waals surface area contributed by atoms with E-state index in [1.807, 2.05) is 0 Å². The Kier molecular flexibility index (Phi) is 4.66. The summed E-state index contributed by atoms with van der Waals surface area (Å²) in [7, 11) is 0. The zero-order chi connectivity index (χ0) is 12.0.